The van der Waals surface area contributed by atoms with Crippen LogP contribution in [-0.4, -0.2) is 18.5 Å². The molecule has 0 saturated carbocycles. The molecule has 3 nitrogen and oxygen atoms in total. The van der Waals surface area contributed by atoms with Gasteiger partial charge in [0.15, 0.2) is 5.75 Å². The number of methoxy groups -OCH3 is 1. The Kier molecular flexibility index (Phi) is 4.30. The maximum Gasteiger partial charge on any atom is 0.573 e. The Hall–Kier alpha value is -1.81. The second-order valence-electron chi connectivity index (χ2n) is 3.27. The Balaban J connectivity index is 3.58. The normalized spacial score (nSPS) is 12.7. The van der Waals surface area contributed by atoms with Gasteiger partial charge in [0.25, 0.3) is 6.43 Å². The van der Waals surface area contributed by atoms with E-state index in [-0.39, 0.29) is 6.20 Å². The summed E-state index contributed by atoms with van der Waals surface area (Å²) in [6.07, 6.45) is -14.7. The molecular weight excluding hydrogens is 306 g/mol. The van der Waals surface area contributed by atoms with E-state index >= 15 is 0 Å². The summed E-state index contributed by atoms with van der Waals surface area (Å²) in [6, 6.07) is 0. The minimum absolute atomic E-state index is 0.0149. The number of hydrogen-bond donors (Lipinski definition) is 0. The van der Waals surface area contributed by atoms with E-state index in [0.29, 0.717) is 0 Å². The van der Waals surface area contributed by atoms with Crippen LogP contribution in [0.3, 0.4) is 0 Å². The van der Waals surface area contributed by atoms with Crippen molar-refractivity contribution < 1.29 is 44.6 Å². The molecule has 0 aromatic carbocycles. The molecule has 0 aliphatic carbocycles. The lowest BCUT2D eigenvalue weighted by atomic mass is 10.1. The lowest BCUT2D eigenvalue weighted by Gasteiger charge is -2.19. The summed E-state index contributed by atoms with van der Waals surface area (Å²) >= 11 is 0. The van der Waals surface area contributed by atoms with Crippen molar-refractivity contribution in [3.8, 4) is 11.6 Å². The second kappa shape index (κ2) is 5.29. The zero-order valence-corrected chi connectivity index (χ0v) is 9.44. The molecule has 1 aromatic rings. The van der Waals surface area contributed by atoms with Gasteiger partial charge in [0.05, 0.1) is 18.9 Å². The first-order chi connectivity index (χ1) is 8.97. The number of aromatic nitrogens is 1. The Morgan fingerprint density at radius 3 is 2.00 bits per heavy atom. The van der Waals surface area contributed by atoms with Crippen molar-refractivity contribution in [2.24, 2.45) is 0 Å². The van der Waals surface area contributed by atoms with E-state index in [1.807, 2.05) is 0 Å². The molecule has 0 bridgehead atoms. The molecule has 1 rings (SSSR count). The molecule has 0 fully saturated rings. The van der Waals surface area contributed by atoms with Crippen molar-refractivity contribution >= 4 is 0 Å². The summed E-state index contributed by atoms with van der Waals surface area (Å²) in [5.41, 5.74) is -4.10. The number of pyridine rings is 1. The maximum atomic E-state index is 12.7. The van der Waals surface area contributed by atoms with Crippen molar-refractivity contribution in [3.63, 3.8) is 0 Å². The predicted octanol–water partition coefficient (Wildman–Crippen LogP) is 3.95. The monoisotopic (exact) mass is 311 g/mol. The summed E-state index contributed by atoms with van der Waals surface area (Å²) in [4.78, 5) is 2.95. The molecule has 1 aromatic heterocycles. The molecular formula is C9H5F8NO2. The Morgan fingerprint density at radius 1 is 1.10 bits per heavy atom. The number of nitrogens with zero attached hydrogens (tertiary/aromatic N) is 1. The van der Waals surface area contributed by atoms with E-state index in [0.717, 1.165) is 7.11 Å². The fourth-order valence-electron chi connectivity index (χ4n) is 1.35. The van der Waals surface area contributed by atoms with Gasteiger partial charge in [-0.3, -0.25) is 0 Å². The third-order valence-electron chi connectivity index (χ3n) is 1.97. The molecule has 0 aliphatic heterocycles. The molecule has 1 heterocycles. The topological polar surface area (TPSA) is 31.4 Å². The first kappa shape index (κ1) is 16.2. The zero-order valence-electron chi connectivity index (χ0n) is 9.44. The average molecular weight is 311 g/mol. The van der Waals surface area contributed by atoms with Gasteiger partial charge in [0.1, 0.15) is 5.56 Å². The summed E-state index contributed by atoms with van der Waals surface area (Å²) in [6.45, 7) is 0. The van der Waals surface area contributed by atoms with Crippen LogP contribution in [0, 0.1) is 0 Å². The van der Waals surface area contributed by atoms with Crippen molar-refractivity contribution in [1.82, 2.24) is 4.98 Å². The van der Waals surface area contributed by atoms with Gasteiger partial charge in [-0.1, -0.05) is 0 Å². The second-order valence-corrected chi connectivity index (χ2v) is 3.27. The molecule has 0 N–H and O–H groups in total. The average Bonchev–Trinajstić information content (AvgIpc) is 2.24. The maximum absolute atomic E-state index is 12.7. The van der Waals surface area contributed by atoms with Crippen LogP contribution in [0.4, 0.5) is 35.1 Å². The van der Waals surface area contributed by atoms with Crippen molar-refractivity contribution in [3.05, 3.63) is 17.3 Å². The van der Waals surface area contributed by atoms with Crippen LogP contribution >= 0.6 is 0 Å². The summed E-state index contributed by atoms with van der Waals surface area (Å²) in [5, 5.41) is 0. The van der Waals surface area contributed by atoms with Gasteiger partial charge in [-0.15, -0.1) is 13.2 Å². The molecule has 0 unspecified atom stereocenters. The van der Waals surface area contributed by atoms with Gasteiger partial charge in [0, 0.05) is 0 Å². The first-order valence-corrected chi connectivity index (χ1v) is 4.65. The molecule has 20 heavy (non-hydrogen) atoms. The molecule has 0 spiro atoms. The van der Waals surface area contributed by atoms with E-state index in [2.05, 4.69) is 14.5 Å². The van der Waals surface area contributed by atoms with E-state index in [1.165, 1.54) is 0 Å². The van der Waals surface area contributed by atoms with Gasteiger partial charge >= 0.3 is 12.5 Å². The van der Waals surface area contributed by atoms with E-state index in [9.17, 15) is 35.1 Å². The number of alkyl halides is 8. The van der Waals surface area contributed by atoms with Crippen molar-refractivity contribution in [2.45, 2.75) is 19.0 Å². The van der Waals surface area contributed by atoms with Crippen LogP contribution in [-0.2, 0) is 6.18 Å². The zero-order chi connectivity index (χ0) is 15.7. The Labute approximate surface area is 106 Å². The number of ether oxygens (including phenoxy) is 2. The molecule has 11 heteroatoms. The van der Waals surface area contributed by atoms with Crippen LogP contribution < -0.4 is 9.47 Å². The van der Waals surface area contributed by atoms with Gasteiger partial charge in [-0.25, -0.2) is 13.8 Å². The SMILES string of the molecule is COc1ncc(OC(F)(F)F)c(C(F)(F)F)c1C(F)F. The van der Waals surface area contributed by atoms with Crippen LogP contribution in [0.1, 0.15) is 17.6 Å². The number of rotatable bonds is 3. The molecule has 0 saturated heterocycles. The lowest BCUT2D eigenvalue weighted by molar-refractivity contribution is -0.276. The third kappa shape index (κ3) is 3.61. The highest BCUT2D eigenvalue weighted by Crippen LogP contribution is 2.46. The van der Waals surface area contributed by atoms with E-state index < -0.39 is 41.7 Å². The highest BCUT2D eigenvalue weighted by atomic mass is 19.4. The van der Waals surface area contributed by atoms with Crippen LogP contribution in [0.2, 0.25) is 0 Å². The summed E-state index contributed by atoms with van der Waals surface area (Å²) < 4.78 is 107. The van der Waals surface area contributed by atoms with Crippen LogP contribution in [0.25, 0.3) is 0 Å². The first-order valence-electron chi connectivity index (χ1n) is 4.65. The van der Waals surface area contributed by atoms with Gasteiger partial charge in [-0.2, -0.15) is 13.2 Å². The molecule has 0 aliphatic rings. The minimum atomic E-state index is -5.51. The fourth-order valence-corrected chi connectivity index (χ4v) is 1.35. The molecule has 0 amide bonds. The van der Waals surface area contributed by atoms with Crippen LogP contribution in [0.5, 0.6) is 11.6 Å². The highest BCUT2D eigenvalue weighted by molar-refractivity contribution is 5.46. The lowest BCUT2D eigenvalue weighted by Crippen LogP contribution is -2.22. The highest BCUT2D eigenvalue weighted by Gasteiger charge is 2.44. The number of halogens is 8. The van der Waals surface area contributed by atoms with Crippen molar-refractivity contribution in [1.29, 1.82) is 0 Å². The van der Waals surface area contributed by atoms with Gasteiger partial charge < -0.3 is 9.47 Å². The largest absolute Gasteiger partial charge is 0.573 e. The molecule has 0 atom stereocenters. The summed E-state index contributed by atoms with van der Waals surface area (Å²) in [7, 11) is 0.749. The fraction of sp³-hybridized carbons (Fsp3) is 0.444. The summed E-state index contributed by atoms with van der Waals surface area (Å²) in [5.74, 6) is -3.01. The van der Waals surface area contributed by atoms with Crippen molar-refractivity contribution in [2.75, 3.05) is 7.11 Å². The van der Waals surface area contributed by atoms with E-state index in [4.69, 9.17) is 0 Å². The minimum Gasteiger partial charge on any atom is -0.481 e. The van der Waals surface area contributed by atoms with E-state index in [1.54, 1.807) is 0 Å². The standard InChI is InChI=1S/C9H5F8NO2/c1-19-7-4(6(10)11)5(8(12,13)14)3(2-18-7)20-9(15,16)17/h2,6H,1H3. The van der Waals surface area contributed by atoms with Gasteiger partial charge in [0.2, 0.25) is 5.88 Å². The Morgan fingerprint density at radius 2 is 1.65 bits per heavy atom. The van der Waals surface area contributed by atoms with Gasteiger partial charge in [-0.05, 0) is 0 Å². The van der Waals surface area contributed by atoms with Crippen LogP contribution in [0.15, 0.2) is 6.20 Å². The molecule has 114 valence electrons. The quantitative estimate of drug-likeness (QED) is 0.792. The smallest absolute Gasteiger partial charge is 0.481 e. The Bertz CT molecular complexity index is 482. The predicted molar refractivity (Wildman–Crippen MR) is 47.4 cm³/mol. The molecule has 0 radical (unpaired) electrons. The number of hydrogen-bond acceptors (Lipinski definition) is 3. The third-order valence-corrected chi connectivity index (χ3v) is 1.97.